The quantitative estimate of drug-likeness (QED) is 0.690. The molecule has 2 nitrogen and oxygen atoms in total. The van der Waals surface area contributed by atoms with Crippen molar-refractivity contribution in [3.63, 3.8) is 0 Å². The average molecular weight is 206 g/mol. The monoisotopic (exact) mass is 206 g/mol. The summed E-state index contributed by atoms with van der Waals surface area (Å²) in [5, 5.41) is 0. The standard InChI is InChI=1S/C13H18O2/c1-4-9-13(2,3)15-12-8-6-5-7-11(12)10-14/h5-8,10H,4,9H2,1-3H3. The fraction of sp³-hybridized carbons (Fsp3) is 0.462. The highest BCUT2D eigenvalue weighted by Crippen LogP contribution is 2.24. The molecule has 0 saturated carbocycles. The van der Waals surface area contributed by atoms with Crippen molar-refractivity contribution in [1.82, 2.24) is 0 Å². The molecular formula is C13H18O2. The third-order valence-corrected chi connectivity index (χ3v) is 2.28. The number of rotatable bonds is 5. The minimum Gasteiger partial charge on any atom is -0.487 e. The van der Waals surface area contributed by atoms with Crippen LogP contribution in [0.2, 0.25) is 0 Å². The summed E-state index contributed by atoms with van der Waals surface area (Å²) in [5.41, 5.74) is 0.398. The molecule has 0 bridgehead atoms. The van der Waals surface area contributed by atoms with Crippen molar-refractivity contribution in [2.75, 3.05) is 0 Å². The fourth-order valence-corrected chi connectivity index (χ4v) is 1.62. The third kappa shape index (κ3) is 3.39. The van der Waals surface area contributed by atoms with Crippen LogP contribution in [0.3, 0.4) is 0 Å². The van der Waals surface area contributed by atoms with Crippen molar-refractivity contribution in [2.45, 2.75) is 39.2 Å². The van der Waals surface area contributed by atoms with Crippen LogP contribution in [0.4, 0.5) is 0 Å². The van der Waals surface area contributed by atoms with E-state index in [1.807, 2.05) is 32.0 Å². The molecule has 0 atom stereocenters. The van der Waals surface area contributed by atoms with Crippen molar-refractivity contribution in [1.29, 1.82) is 0 Å². The lowest BCUT2D eigenvalue weighted by Gasteiger charge is -2.26. The van der Waals surface area contributed by atoms with Crippen LogP contribution in [0.25, 0.3) is 0 Å². The second-order valence-electron chi connectivity index (χ2n) is 4.27. The van der Waals surface area contributed by atoms with E-state index in [0.717, 1.165) is 19.1 Å². The number of hydrogen-bond acceptors (Lipinski definition) is 2. The second kappa shape index (κ2) is 4.96. The Hall–Kier alpha value is -1.31. The Morgan fingerprint density at radius 3 is 2.60 bits per heavy atom. The summed E-state index contributed by atoms with van der Waals surface area (Å²) in [7, 11) is 0. The Kier molecular flexibility index (Phi) is 3.89. The molecule has 15 heavy (non-hydrogen) atoms. The summed E-state index contributed by atoms with van der Waals surface area (Å²) in [5.74, 6) is 0.672. The zero-order chi connectivity index (χ0) is 11.3. The molecule has 0 saturated heterocycles. The number of ether oxygens (including phenoxy) is 1. The van der Waals surface area contributed by atoms with Gasteiger partial charge in [0.05, 0.1) is 5.56 Å². The van der Waals surface area contributed by atoms with Gasteiger partial charge in [-0.25, -0.2) is 0 Å². The van der Waals surface area contributed by atoms with Crippen LogP contribution in [0.5, 0.6) is 5.75 Å². The van der Waals surface area contributed by atoms with Crippen molar-refractivity contribution in [3.8, 4) is 5.75 Å². The molecule has 1 aromatic rings. The molecule has 0 spiro atoms. The molecule has 1 aromatic carbocycles. The zero-order valence-electron chi connectivity index (χ0n) is 9.62. The Labute approximate surface area is 91.3 Å². The third-order valence-electron chi connectivity index (χ3n) is 2.28. The molecule has 0 aliphatic heterocycles. The molecule has 0 aliphatic rings. The van der Waals surface area contributed by atoms with Crippen LogP contribution >= 0.6 is 0 Å². The lowest BCUT2D eigenvalue weighted by atomic mass is 10.0. The molecule has 0 aromatic heterocycles. The topological polar surface area (TPSA) is 26.3 Å². The Morgan fingerprint density at radius 1 is 1.33 bits per heavy atom. The van der Waals surface area contributed by atoms with Crippen molar-refractivity contribution < 1.29 is 9.53 Å². The number of aldehydes is 1. The molecular weight excluding hydrogens is 188 g/mol. The summed E-state index contributed by atoms with van der Waals surface area (Å²) in [6, 6.07) is 7.32. The van der Waals surface area contributed by atoms with Gasteiger partial charge in [-0.15, -0.1) is 0 Å². The van der Waals surface area contributed by atoms with E-state index in [-0.39, 0.29) is 5.60 Å². The van der Waals surface area contributed by atoms with Gasteiger partial charge >= 0.3 is 0 Å². The van der Waals surface area contributed by atoms with Crippen molar-refractivity contribution >= 4 is 6.29 Å². The van der Waals surface area contributed by atoms with Crippen LogP contribution in [0, 0.1) is 0 Å². The van der Waals surface area contributed by atoms with Gasteiger partial charge in [-0.3, -0.25) is 4.79 Å². The van der Waals surface area contributed by atoms with E-state index in [1.165, 1.54) is 0 Å². The van der Waals surface area contributed by atoms with Gasteiger partial charge in [0.1, 0.15) is 11.4 Å². The summed E-state index contributed by atoms with van der Waals surface area (Å²) >= 11 is 0. The van der Waals surface area contributed by atoms with Gasteiger partial charge in [0.2, 0.25) is 0 Å². The lowest BCUT2D eigenvalue weighted by Crippen LogP contribution is -2.28. The summed E-state index contributed by atoms with van der Waals surface area (Å²) < 4.78 is 5.83. The molecule has 0 N–H and O–H groups in total. The molecule has 0 aliphatic carbocycles. The van der Waals surface area contributed by atoms with Gasteiger partial charge in [0.15, 0.2) is 6.29 Å². The number of carbonyl (C=O) groups is 1. The van der Waals surface area contributed by atoms with Crippen LogP contribution in [-0.2, 0) is 0 Å². The van der Waals surface area contributed by atoms with E-state index >= 15 is 0 Å². The molecule has 82 valence electrons. The van der Waals surface area contributed by atoms with E-state index in [4.69, 9.17) is 4.74 Å². The van der Waals surface area contributed by atoms with Gasteiger partial charge in [-0.05, 0) is 32.4 Å². The number of benzene rings is 1. The molecule has 2 heteroatoms. The minimum absolute atomic E-state index is 0.214. The number of para-hydroxylation sites is 1. The van der Waals surface area contributed by atoms with Gasteiger partial charge in [0.25, 0.3) is 0 Å². The minimum atomic E-state index is -0.214. The molecule has 0 amide bonds. The highest BCUT2D eigenvalue weighted by molar-refractivity contribution is 5.79. The van der Waals surface area contributed by atoms with Crippen LogP contribution < -0.4 is 4.74 Å². The second-order valence-corrected chi connectivity index (χ2v) is 4.27. The molecule has 0 unspecified atom stereocenters. The van der Waals surface area contributed by atoms with E-state index in [2.05, 4.69) is 6.92 Å². The Morgan fingerprint density at radius 2 is 2.00 bits per heavy atom. The average Bonchev–Trinajstić information content (AvgIpc) is 2.17. The Balaban J connectivity index is 2.83. The molecule has 0 heterocycles. The maximum absolute atomic E-state index is 10.8. The normalized spacial score (nSPS) is 11.1. The highest BCUT2D eigenvalue weighted by atomic mass is 16.5. The lowest BCUT2D eigenvalue weighted by molar-refractivity contribution is 0.0951. The van der Waals surface area contributed by atoms with Crippen LogP contribution in [0.1, 0.15) is 44.0 Å². The van der Waals surface area contributed by atoms with E-state index in [1.54, 1.807) is 6.07 Å². The first kappa shape index (κ1) is 11.8. The predicted molar refractivity (Wildman–Crippen MR) is 61.4 cm³/mol. The Bertz CT molecular complexity index is 329. The van der Waals surface area contributed by atoms with Crippen LogP contribution in [-0.4, -0.2) is 11.9 Å². The molecule has 1 rings (SSSR count). The van der Waals surface area contributed by atoms with E-state index < -0.39 is 0 Å². The van der Waals surface area contributed by atoms with E-state index in [9.17, 15) is 4.79 Å². The first-order chi connectivity index (χ1) is 7.09. The van der Waals surface area contributed by atoms with Gasteiger partial charge < -0.3 is 4.74 Å². The van der Waals surface area contributed by atoms with Gasteiger partial charge in [-0.1, -0.05) is 25.5 Å². The largest absolute Gasteiger partial charge is 0.487 e. The summed E-state index contributed by atoms with van der Waals surface area (Å²) in [6.45, 7) is 6.20. The molecule has 0 radical (unpaired) electrons. The molecule has 0 fully saturated rings. The smallest absolute Gasteiger partial charge is 0.153 e. The van der Waals surface area contributed by atoms with Crippen LogP contribution in [0.15, 0.2) is 24.3 Å². The fourth-order valence-electron chi connectivity index (χ4n) is 1.62. The first-order valence-corrected chi connectivity index (χ1v) is 5.32. The van der Waals surface area contributed by atoms with Gasteiger partial charge in [-0.2, -0.15) is 0 Å². The van der Waals surface area contributed by atoms with Gasteiger partial charge in [0, 0.05) is 0 Å². The van der Waals surface area contributed by atoms with Crippen molar-refractivity contribution in [2.24, 2.45) is 0 Å². The maximum Gasteiger partial charge on any atom is 0.153 e. The summed E-state index contributed by atoms with van der Waals surface area (Å²) in [4.78, 5) is 10.8. The van der Waals surface area contributed by atoms with E-state index in [0.29, 0.717) is 11.3 Å². The SMILES string of the molecule is CCCC(C)(C)Oc1ccccc1C=O. The number of hydrogen-bond donors (Lipinski definition) is 0. The predicted octanol–water partition coefficient (Wildman–Crippen LogP) is 3.46. The summed E-state index contributed by atoms with van der Waals surface area (Å²) in [6.07, 6.45) is 2.87. The number of carbonyl (C=O) groups excluding carboxylic acids is 1. The maximum atomic E-state index is 10.8. The highest BCUT2D eigenvalue weighted by Gasteiger charge is 2.19. The first-order valence-electron chi connectivity index (χ1n) is 5.32. The zero-order valence-corrected chi connectivity index (χ0v) is 9.62. The van der Waals surface area contributed by atoms with Crippen molar-refractivity contribution in [3.05, 3.63) is 29.8 Å².